The molecule has 3 aromatic carbocycles. The maximum Gasteiger partial charge on any atom is 0.254 e. The highest BCUT2D eigenvalue weighted by Crippen LogP contribution is 2.25. The van der Waals surface area contributed by atoms with Gasteiger partial charge in [0.1, 0.15) is 12.4 Å². The van der Waals surface area contributed by atoms with Crippen LogP contribution < -0.4 is 4.74 Å². The standard InChI is InChI=1S/C24H19Cl2N3O3/c1-29(14-22-27-23(28-32-22)19-10-3-5-12-21(19)26)24(30)16-8-6-9-18(13-16)31-15-17-7-2-4-11-20(17)25/h2-13H,14-15H2,1H3. The first-order valence-corrected chi connectivity index (χ1v) is 10.6. The summed E-state index contributed by atoms with van der Waals surface area (Å²) in [6.07, 6.45) is 0. The maximum atomic E-state index is 12.9. The van der Waals surface area contributed by atoms with Gasteiger partial charge in [-0.2, -0.15) is 4.98 Å². The molecule has 0 atom stereocenters. The van der Waals surface area contributed by atoms with Gasteiger partial charge in [-0.25, -0.2) is 0 Å². The van der Waals surface area contributed by atoms with Crippen molar-refractivity contribution in [3.05, 3.63) is 99.9 Å². The van der Waals surface area contributed by atoms with Crippen molar-refractivity contribution in [3.63, 3.8) is 0 Å². The van der Waals surface area contributed by atoms with Gasteiger partial charge in [-0.05, 0) is 36.4 Å². The second-order valence-corrected chi connectivity index (χ2v) is 7.88. The Balaban J connectivity index is 1.41. The fraction of sp³-hybridized carbons (Fsp3) is 0.125. The predicted octanol–water partition coefficient (Wildman–Crippen LogP) is 5.89. The third kappa shape index (κ3) is 5.10. The Morgan fingerprint density at radius 1 is 1.00 bits per heavy atom. The number of benzene rings is 3. The SMILES string of the molecule is CN(Cc1nc(-c2ccccc2Cl)no1)C(=O)c1cccc(OCc2ccccc2Cl)c1. The number of halogens is 2. The topological polar surface area (TPSA) is 68.5 Å². The average Bonchev–Trinajstić information content (AvgIpc) is 3.26. The van der Waals surface area contributed by atoms with Crippen LogP contribution in [0.25, 0.3) is 11.4 Å². The summed E-state index contributed by atoms with van der Waals surface area (Å²) in [5, 5.41) is 5.13. The zero-order chi connectivity index (χ0) is 22.5. The van der Waals surface area contributed by atoms with E-state index in [1.807, 2.05) is 36.4 Å². The van der Waals surface area contributed by atoms with E-state index in [0.29, 0.717) is 45.2 Å². The number of hydrogen-bond donors (Lipinski definition) is 0. The van der Waals surface area contributed by atoms with Gasteiger partial charge in [0.05, 0.1) is 11.6 Å². The molecule has 1 aromatic heterocycles. The predicted molar refractivity (Wildman–Crippen MR) is 123 cm³/mol. The molecule has 32 heavy (non-hydrogen) atoms. The van der Waals surface area contributed by atoms with E-state index in [2.05, 4.69) is 10.1 Å². The molecule has 4 aromatic rings. The summed E-state index contributed by atoms with van der Waals surface area (Å²) < 4.78 is 11.1. The summed E-state index contributed by atoms with van der Waals surface area (Å²) >= 11 is 12.4. The number of ether oxygens (including phenoxy) is 1. The van der Waals surface area contributed by atoms with Crippen molar-refractivity contribution < 1.29 is 14.1 Å². The van der Waals surface area contributed by atoms with Gasteiger partial charge in [0.25, 0.3) is 5.91 Å². The molecule has 0 bridgehead atoms. The fourth-order valence-corrected chi connectivity index (χ4v) is 3.47. The van der Waals surface area contributed by atoms with Gasteiger partial charge in [0.2, 0.25) is 11.7 Å². The first-order chi connectivity index (χ1) is 15.5. The number of carbonyl (C=O) groups is 1. The molecule has 0 aliphatic carbocycles. The van der Waals surface area contributed by atoms with Crippen molar-refractivity contribution in [2.45, 2.75) is 13.2 Å². The number of amides is 1. The van der Waals surface area contributed by atoms with E-state index in [4.69, 9.17) is 32.5 Å². The molecule has 4 rings (SSSR count). The van der Waals surface area contributed by atoms with Crippen LogP contribution in [-0.2, 0) is 13.2 Å². The molecule has 162 valence electrons. The van der Waals surface area contributed by atoms with Crippen LogP contribution in [0, 0.1) is 0 Å². The number of rotatable bonds is 7. The molecule has 1 amide bonds. The van der Waals surface area contributed by atoms with Crippen molar-refractivity contribution in [2.24, 2.45) is 0 Å². The van der Waals surface area contributed by atoms with E-state index in [9.17, 15) is 4.79 Å². The molecular weight excluding hydrogens is 449 g/mol. The third-order valence-electron chi connectivity index (χ3n) is 4.74. The first kappa shape index (κ1) is 21.9. The van der Waals surface area contributed by atoms with Crippen molar-refractivity contribution in [3.8, 4) is 17.1 Å². The molecule has 0 saturated carbocycles. The van der Waals surface area contributed by atoms with Gasteiger partial charge < -0.3 is 14.2 Å². The zero-order valence-electron chi connectivity index (χ0n) is 17.2. The van der Waals surface area contributed by atoms with Crippen LogP contribution in [0.2, 0.25) is 10.0 Å². The average molecular weight is 468 g/mol. The molecule has 6 nitrogen and oxygen atoms in total. The minimum Gasteiger partial charge on any atom is -0.489 e. The number of aromatic nitrogens is 2. The summed E-state index contributed by atoms with van der Waals surface area (Å²) in [4.78, 5) is 18.7. The monoisotopic (exact) mass is 467 g/mol. The summed E-state index contributed by atoms with van der Waals surface area (Å²) in [6, 6.07) is 21.7. The summed E-state index contributed by atoms with van der Waals surface area (Å²) in [7, 11) is 1.67. The van der Waals surface area contributed by atoms with Gasteiger partial charge in [-0.3, -0.25) is 4.79 Å². The van der Waals surface area contributed by atoms with E-state index < -0.39 is 0 Å². The smallest absolute Gasteiger partial charge is 0.254 e. The minimum absolute atomic E-state index is 0.154. The van der Waals surface area contributed by atoms with Crippen LogP contribution in [0.1, 0.15) is 21.8 Å². The Kier molecular flexibility index (Phi) is 6.73. The van der Waals surface area contributed by atoms with E-state index in [1.54, 1.807) is 43.4 Å². The Hall–Kier alpha value is -3.35. The van der Waals surface area contributed by atoms with Gasteiger partial charge in [-0.1, -0.05) is 64.8 Å². The van der Waals surface area contributed by atoms with Gasteiger partial charge in [0.15, 0.2) is 0 Å². The Labute approximate surface area is 195 Å². The van der Waals surface area contributed by atoms with Gasteiger partial charge in [-0.15, -0.1) is 0 Å². The van der Waals surface area contributed by atoms with Gasteiger partial charge in [0, 0.05) is 28.8 Å². The molecule has 0 spiro atoms. The minimum atomic E-state index is -0.203. The Morgan fingerprint density at radius 2 is 1.75 bits per heavy atom. The van der Waals surface area contributed by atoms with E-state index in [-0.39, 0.29) is 12.5 Å². The molecule has 0 aliphatic heterocycles. The lowest BCUT2D eigenvalue weighted by molar-refractivity contribution is 0.0769. The van der Waals surface area contributed by atoms with Crippen molar-refractivity contribution in [1.29, 1.82) is 0 Å². The second-order valence-electron chi connectivity index (χ2n) is 7.06. The lowest BCUT2D eigenvalue weighted by Gasteiger charge is -2.15. The number of nitrogens with zero attached hydrogens (tertiary/aromatic N) is 3. The lowest BCUT2D eigenvalue weighted by Crippen LogP contribution is -2.26. The highest BCUT2D eigenvalue weighted by Gasteiger charge is 2.17. The molecule has 0 radical (unpaired) electrons. The maximum absolute atomic E-state index is 12.9. The number of hydrogen-bond acceptors (Lipinski definition) is 5. The van der Waals surface area contributed by atoms with Gasteiger partial charge >= 0.3 is 0 Å². The largest absolute Gasteiger partial charge is 0.489 e. The fourth-order valence-electron chi connectivity index (χ4n) is 3.06. The lowest BCUT2D eigenvalue weighted by atomic mass is 10.2. The van der Waals surface area contributed by atoms with Crippen LogP contribution in [0.4, 0.5) is 0 Å². The quantitative estimate of drug-likeness (QED) is 0.338. The summed E-state index contributed by atoms with van der Waals surface area (Å²) in [5.41, 5.74) is 2.02. The zero-order valence-corrected chi connectivity index (χ0v) is 18.7. The molecule has 0 fully saturated rings. The van der Waals surface area contributed by atoms with E-state index in [0.717, 1.165) is 5.56 Å². The molecule has 1 heterocycles. The highest BCUT2D eigenvalue weighted by atomic mass is 35.5. The molecular formula is C24H19Cl2N3O3. The van der Waals surface area contributed by atoms with Crippen LogP contribution >= 0.6 is 23.2 Å². The van der Waals surface area contributed by atoms with Crippen molar-refractivity contribution in [2.75, 3.05) is 7.05 Å². The van der Waals surface area contributed by atoms with Crippen LogP contribution in [0.3, 0.4) is 0 Å². The van der Waals surface area contributed by atoms with E-state index in [1.165, 1.54) is 4.90 Å². The number of carbonyl (C=O) groups excluding carboxylic acids is 1. The molecule has 0 aliphatic rings. The molecule has 0 saturated heterocycles. The Morgan fingerprint density at radius 3 is 2.53 bits per heavy atom. The summed E-state index contributed by atoms with van der Waals surface area (Å²) in [5.74, 6) is 1.05. The van der Waals surface area contributed by atoms with Crippen LogP contribution in [0.15, 0.2) is 77.3 Å². The summed E-state index contributed by atoms with van der Waals surface area (Å²) in [6.45, 7) is 0.459. The molecule has 8 heteroatoms. The second kappa shape index (κ2) is 9.85. The van der Waals surface area contributed by atoms with Crippen molar-refractivity contribution >= 4 is 29.1 Å². The first-order valence-electron chi connectivity index (χ1n) is 9.80. The Bertz CT molecular complexity index is 1240. The highest BCUT2D eigenvalue weighted by molar-refractivity contribution is 6.33. The van der Waals surface area contributed by atoms with Crippen LogP contribution in [0.5, 0.6) is 5.75 Å². The van der Waals surface area contributed by atoms with Crippen LogP contribution in [-0.4, -0.2) is 28.0 Å². The molecule has 0 unspecified atom stereocenters. The third-order valence-corrected chi connectivity index (χ3v) is 5.43. The molecule has 0 N–H and O–H groups in total. The van der Waals surface area contributed by atoms with E-state index >= 15 is 0 Å². The normalized spacial score (nSPS) is 10.7. The van der Waals surface area contributed by atoms with Crippen molar-refractivity contribution in [1.82, 2.24) is 15.0 Å².